The van der Waals surface area contributed by atoms with Gasteiger partial charge in [0, 0.05) is 4.90 Å². The molecule has 1 rings (SSSR count). The maximum absolute atomic E-state index is 4.21. The molecule has 0 aromatic heterocycles. The summed E-state index contributed by atoms with van der Waals surface area (Å²) in [5, 5.41) is 0. The van der Waals surface area contributed by atoms with E-state index in [0.717, 1.165) is 17.2 Å². The van der Waals surface area contributed by atoms with E-state index < -0.39 is 0 Å². The number of aryl methyl sites for hydroxylation is 1. The number of hydrogen-bond donors (Lipinski definition) is 1. The van der Waals surface area contributed by atoms with Crippen LogP contribution in [0.25, 0.3) is 0 Å². The summed E-state index contributed by atoms with van der Waals surface area (Å²) in [6, 6.07) is 8.21. The van der Waals surface area contributed by atoms with E-state index in [-0.39, 0.29) is 0 Å². The van der Waals surface area contributed by atoms with E-state index in [1.165, 1.54) is 63.4 Å². The maximum atomic E-state index is 4.21. The van der Waals surface area contributed by atoms with E-state index in [0.29, 0.717) is 0 Å². The molecule has 0 aliphatic carbocycles. The van der Waals surface area contributed by atoms with Crippen LogP contribution in [0, 0.1) is 5.92 Å². The zero-order valence-corrected chi connectivity index (χ0v) is 18.3. The first-order valence-electron chi connectivity index (χ1n) is 10.3. The van der Waals surface area contributed by atoms with Crippen molar-refractivity contribution in [2.45, 2.75) is 111 Å². The molecule has 24 heavy (non-hydrogen) atoms. The van der Waals surface area contributed by atoms with Gasteiger partial charge in [-0.05, 0) is 30.0 Å². The minimum atomic E-state index is 0.955. The summed E-state index contributed by atoms with van der Waals surface area (Å²) in [4.78, 5) is 1.05. The van der Waals surface area contributed by atoms with Gasteiger partial charge in [0.1, 0.15) is 0 Å². The van der Waals surface area contributed by atoms with Crippen molar-refractivity contribution in [2.24, 2.45) is 5.92 Å². The van der Waals surface area contributed by atoms with E-state index in [4.69, 9.17) is 0 Å². The molecule has 142 valence electrons. The van der Waals surface area contributed by atoms with Gasteiger partial charge >= 0.3 is 0 Å². The van der Waals surface area contributed by atoms with Gasteiger partial charge in [0.25, 0.3) is 0 Å². The fraction of sp³-hybridized carbons (Fsp3) is 0.739. The van der Waals surface area contributed by atoms with Gasteiger partial charge in [0.05, 0.1) is 0 Å². The maximum Gasteiger partial charge on any atom is 0.00427 e. The normalized spacial score (nSPS) is 11.0. The highest BCUT2D eigenvalue weighted by atomic mass is 32.1. The Bertz CT molecular complexity index is 342. The highest BCUT2D eigenvalue weighted by molar-refractivity contribution is 7.80. The van der Waals surface area contributed by atoms with Gasteiger partial charge < -0.3 is 0 Å². The van der Waals surface area contributed by atoms with Crippen LogP contribution in [0.5, 0.6) is 0 Å². The molecule has 1 heteroatoms. The lowest BCUT2D eigenvalue weighted by Gasteiger charge is -2.05. The van der Waals surface area contributed by atoms with Crippen molar-refractivity contribution in [2.75, 3.05) is 0 Å². The number of unbranched alkanes of at least 4 members (excludes halogenated alkanes) is 5. The minimum absolute atomic E-state index is 0.955. The van der Waals surface area contributed by atoms with E-state index in [1.807, 2.05) is 12.1 Å². The molecule has 0 fully saturated rings. The molecule has 0 heterocycles. The average Bonchev–Trinajstić information content (AvgIpc) is 2.61. The summed E-state index contributed by atoms with van der Waals surface area (Å²) >= 11 is 4.21. The van der Waals surface area contributed by atoms with Gasteiger partial charge in [0.2, 0.25) is 0 Å². The minimum Gasteiger partial charge on any atom is -0.143 e. The lowest BCUT2D eigenvalue weighted by molar-refractivity contribution is 0.482. The predicted molar refractivity (Wildman–Crippen MR) is 116 cm³/mol. The van der Waals surface area contributed by atoms with Crippen molar-refractivity contribution in [3.8, 4) is 0 Å². The largest absolute Gasteiger partial charge is 0.143 e. The molecule has 1 unspecified atom stereocenters. The van der Waals surface area contributed by atoms with Gasteiger partial charge in [-0.3, -0.25) is 0 Å². The molecule has 0 N–H and O–H groups in total. The quantitative estimate of drug-likeness (QED) is 0.333. The smallest absolute Gasteiger partial charge is 0.00427 e. The topological polar surface area (TPSA) is 0 Å². The zero-order valence-electron chi connectivity index (χ0n) is 17.4. The Morgan fingerprint density at radius 2 is 1.38 bits per heavy atom. The highest BCUT2D eigenvalue weighted by Crippen LogP contribution is 2.11. The molecule has 1 atom stereocenters. The average molecular weight is 353 g/mol. The molecular weight excluding hydrogens is 308 g/mol. The Balaban J connectivity index is 0. The highest BCUT2D eigenvalue weighted by Gasteiger charge is 1.95. The molecule has 1 aromatic rings. The van der Waals surface area contributed by atoms with Crippen molar-refractivity contribution in [1.82, 2.24) is 0 Å². The standard InChI is InChI=1S/C9H20.C8H10S.C6H14/c1-4-6-7-8-9(3)5-2;1-2-7-4-3-5-8(9)6-7;1-3-5-6-4-2/h9H,4-8H2,1-3H3;3-6,9H,2H2,1H3;3-6H2,1-2H3. The summed E-state index contributed by atoms with van der Waals surface area (Å²) in [6.07, 6.45) is 13.6. The Morgan fingerprint density at radius 3 is 1.75 bits per heavy atom. The second-order valence-corrected chi connectivity index (χ2v) is 7.26. The molecule has 0 bridgehead atoms. The van der Waals surface area contributed by atoms with Crippen LogP contribution >= 0.6 is 12.6 Å². The van der Waals surface area contributed by atoms with Crippen molar-refractivity contribution in [3.05, 3.63) is 29.8 Å². The fourth-order valence-electron chi connectivity index (χ4n) is 2.22. The van der Waals surface area contributed by atoms with Crippen molar-refractivity contribution in [3.63, 3.8) is 0 Å². The SMILES string of the molecule is CCCCCC.CCCCCC(C)CC.CCc1cccc(S)c1. The molecule has 0 radical (unpaired) electrons. The molecule has 0 aliphatic rings. The van der Waals surface area contributed by atoms with Crippen molar-refractivity contribution >= 4 is 12.6 Å². The molecule has 0 saturated heterocycles. The number of rotatable bonds is 9. The molecule has 0 spiro atoms. The number of hydrogen-bond acceptors (Lipinski definition) is 1. The molecule has 0 amide bonds. The second kappa shape index (κ2) is 20.6. The first-order valence-corrected chi connectivity index (χ1v) is 10.8. The summed E-state index contributed by atoms with van der Waals surface area (Å²) in [5.74, 6) is 0.955. The van der Waals surface area contributed by atoms with Gasteiger partial charge in [-0.1, -0.05) is 111 Å². The summed E-state index contributed by atoms with van der Waals surface area (Å²) in [5.41, 5.74) is 1.35. The third kappa shape index (κ3) is 19.6. The Morgan fingerprint density at radius 1 is 0.833 bits per heavy atom. The Labute approximate surface area is 159 Å². The third-order valence-corrected chi connectivity index (χ3v) is 4.55. The number of thiol groups is 1. The van der Waals surface area contributed by atoms with Crippen LogP contribution in [0.2, 0.25) is 0 Å². The van der Waals surface area contributed by atoms with Crippen LogP contribution in [0.4, 0.5) is 0 Å². The fourth-order valence-corrected chi connectivity index (χ4v) is 2.48. The second-order valence-electron chi connectivity index (χ2n) is 6.74. The Kier molecular flexibility index (Phi) is 22.2. The van der Waals surface area contributed by atoms with Crippen molar-refractivity contribution < 1.29 is 0 Å². The van der Waals surface area contributed by atoms with E-state index >= 15 is 0 Å². The van der Waals surface area contributed by atoms with Gasteiger partial charge in [-0.15, -0.1) is 12.6 Å². The van der Waals surface area contributed by atoms with Crippen molar-refractivity contribution in [1.29, 1.82) is 0 Å². The molecule has 0 nitrogen and oxygen atoms in total. The van der Waals surface area contributed by atoms with E-state index in [2.05, 4.69) is 66.3 Å². The Hall–Kier alpha value is -0.430. The summed E-state index contributed by atoms with van der Waals surface area (Å²) < 4.78 is 0. The molecule has 0 aliphatic heterocycles. The summed E-state index contributed by atoms with van der Waals surface area (Å²) in [7, 11) is 0. The van der Waals surface area contributed by atoms with Gasteiger partial charge in [-0.25, -0.2) is 0 Å². The van der Waals surface area contributed by atoms with E-state index in [9.17, 15) is 0 Å². The lowest BCUT2D eigenvalue weighted by Crippen LogP contribution is -1.90. The first-order chi connectivity index (χ1) is 11.5. The number of benzene rings is 1. The molecule has 0 saturated carbocycles. The third-order valence-electron chi connectivity index (χ3n) is 4.27. The van der Waals surface area contributed by atoms with Crippen LogP contribution in [0.1, 0.15) is 105 Å². The molecular formula is C23H44S. The molecule has 1 aromatic carbocycles. The predicted octanol–water partition coefficient (Wildman–Crippen LogP) is 8.74. The first kappa shape index (κ1) is 25.8. The van der Waals surface area contributed by atoms with Crippen LogP contribution in [-0.4, -0.2) is 0 Å². The van der Waals surface area contributed by atoms with Gasteiger partial charge in [-0.2, -0.15) is 0 Å². The van der Waals surface area contributed by atoms with Crippen LogP contribution in [0.3, 0.4) is 0 Å². The van der Waals surface area contributed by atoms with Crippen LogP contribution < -0.4 is 0 Å². The zero-order chi connectivity index (χ0) is 18.6. The summed E-state index contributed by atoms with van der Waals surface area (Å²) in [6.45, 7) is 13.5. The van der Waals surface area contributed by atoms with Crippen LogP contribution in [-0.2, 0) is 6.42 Å². The monoisotopic (exact) mass is 352 g/mol. The van der Waals surface area contributed by atoms with Gasteiger partial charge in [0.15, 0.2) is 0 Å². The lowest BCUT2D eigenvalue weighted by atomic mass is 10.0. The van der Waals surface area contributed by atoms with Crippen LogP contribution in [0.15, 0.2) is 29.2 Å². The van der Waals surface area contributed by atoms with E-state index in [1.54, 1.807) is 0 Å².